The smallest absolute Gasteiger partial charge is 0.145 e. The number of imidazole rings is 1. The van der Waals surface area contributed by atoms with E-state index in [1.165, 1.54) is 5.39 Å². The van der Waals surface area contributed by atoms with Gasteiger partial charge in [-0.2, -0.15) is 0 Å². The SMILES string of the molecule is CCOc1cccc(-c2cn3ccc4ccccc4c3n2)c1. The molecule has 4 rings (SSSR count). The molecule has 0 aliphatic heterocycles. The Kier molecular flexibility index (Phi) is 3.04. The first kappa shape index (κ1) is 12.9. The number of nitrogens with zero attached hydrogens (tertiary/aromatic N) is 2. The van der Waals surface area contributed by atoms with Gasteiger partial charge < -0.3 is 9.14 Å². The highest BCUT2D eigenvalue weighted by molar-refractivity contribution is 5.94. The summed E-state index contributed by atoms with van der Waals surface area (Å²) in [5.74, 6) is 0.877. The minimum atomic E-state index is 0.666. The summed E-state index contributed by atoms with van der Waals surface area (Å²) < 4.78 is 7.65. The van der Waals surface area contributed by atoms with Crippen molar-refractivity contribution in [3.05, 3.63) is 67.0 Å². The molecule has 0 saturated heterocycles. The van der Waals surface area contributed by atoms with Gasteiger partial charge in [-0.1, -0.05) is 36.4 Å². The highest BCUT2D eigenvalue weighted by atomic mass is 16.5. The second kappa shape index (κ2) is 5.19. The second-order valence-corrected chi connectivity index (χ2v) is 5.22. The van der Waals surface area contributed by atoms with E-state index in [4.69, 9.17) is 9.72 Å². The van der Waals surface area contributed by atoms with Crippen LogP contribution >= 0.6 is 0 Å². The van der Waals surface area contributed by atoms with E-state index in [9.17, 15) is 0 Å². The number of fused-ring (bicyclic) bond motifs is 3. The van der Waals surface area contributed by atoms with Crippen molar-refractivity contribution < 1.29 is 4.74 Å². The first-order chi connectivity index (χ1) is 10.8. The van der Waals surface area contributed by atoms with Crippen molar-refractivity contribution in [2.24, 2.45) is 0 Å². The molecule has 2 aromatic carbocycles. The van der Waals surface area contributed by atoms with E-state index < -0.39 is 0 Å². The highest BCUT2D eigenvalue weighted by Gasteiger charge is 2.08. The molecule has 3 heteroatoms. The normalized spacial score (nSPS) is 11.1. The zero-order valence-corrected chi connectivity index (χ0v) is 12.4. The number of aromatic nitrogens is 2. The van der Waals surface area contributed by atoms with Crippen LogP contribution in [0.5, 0.6) is 5.75 Å². The molecule has 0 aliphatic carbocycles. The molecule has 0 N–H and O–H groups in total. The van der Waals surface area contributed by atoms with Crippen LogP contribution in [0.4, 0.5) is 0 Å². The van der Waals surface area contributed by atoms with Crippen molar-refractivity contribution in [2.75, 3.05) is 6.61 Å². The zero-order chi connectivity index (χ0) is 14.9. The van der Waals surface area contributed by atoms with Gasteiger partial charge in [0.25, 0.3) is 0 Å². The van der Waals surface area contributed by atoms with Crippen LogP contribution in [-0.4, -0.2) is 16.0 Å². The van der Waals surface area contributed by atoms with Gasteiger partial charge >= 0.3 is 0 Å². The number of benzene rings is 2. The monoisotopic (exact) mass is 288 g/mol. The summed E-state index contributed by atoms with van der Waals surface area (Å²) in [6.45, 7) is 2.66. The Morgan fingerprint density at radius 1 is 1.05 bits per heavy atom. The Morgan fingerprint density at radius 2 is 1.95 bits per heavy atom. The summed E-state index contributed by atoms with van der Waals surface area (Å²) in [5, 5.41) is 2.37. The summed E-state index contributed by atoms with van der Waals surface area (Å²) in [7, 11) is 0. The van der Waals surface area contributed by atoms with Crippen molar-refractivity contribution in [3.63, 3.8) is 0 Å². The van der Waals surface area contributed by atoms with Gasteiger partial charge in [-0.15, -0.1) is 0 Å². The molecule has 2 aromatic heterocycles. The molecular formula is C19H16N2O. The minimum Gasteiger partial charge on any atom is -0.494 e. The highest BCUT2D eigenvalue weighted by Crippen LogP contribution is 2.26. The van der Waals surface area contributed by atoms with Crippen LogP contribution < -0.4 is 4.74 Å². The molecule has 0 atom stereocenters. The van der Waals surface area contributed by atoms with Crippen molar-refractivity contribution in [3.8, 4) is 17.0 Å². The topological polar surface area (TPSA) is 26.5 Å². The number of hydrogen-bond acceptors (Lipinski definition) is 2. The number of ether oxygens (including phenoxy) is 1. The molecule has 0 bridgehead atoms. The van der Waals surface area contributed by atoms with Crippen LogP contribution in [0.2, 0.25) is 0 Å². The summed E-state index contributed by atoms with van der Waals surface area (Å²) >= 11 is 0. The third-order valence-electron chi connectivity index (χ3n) is 3.79. The van der Waals surface area contributed by atoms with E-state index in [0.717, 1.165) is 28.0 Å². The van der Waals surface area contributed by atoms with E-state index >= 15 is 0 Å². The Bertz CT molecular complexity index is 956. The fourth-order valence-corrected chi connectivity index (χ4v) is 2.76. The van der Waals surface area contributed by atoms with Crippen LogP contribution in [0.15, 0.2) is 67.0 Å². The van der Waals surface area contributed by atoms with E-state index in [1.54, 1.807) is 0 Å². The summed E-state index contributed by atoms with van der Waals surface area (Å²) in [6.07, 6.45) is 4.12. The molecule has 0 saturated carbocycles. The third-order valence-corrected chi connectivity index (χ3v) is 3.79. The van der Waals surface area contributed by atoms with Crippen molar-refractivity contribution in [2.45, 2.75) is 6.92 Å². The maximum Gasteiger partial charge on any atom is 0.145 e. The van der Waals surface area contributed by atoms with Crippen molar-refractivity contribution in [1.29, 1.82) is 0 Å². The summed E-state index contributed by atoms with van der Waals surface area (Å²) in [6, 6.07) is 18.5. The van der Waals surface area contributed by atoms with Crippen LogP contribution in [0.25, 0.3) is 27.7 Å². The molecular weight excluding hydrogens is 272 g/mol. The Labute approximate surface area is 128 Å². The molecule has 0 radical (unpaired) electrons. The third kappa shape index (κ3) is 2.11. The maximum absolute atomic E-state index is 5.58. The first-order valence-electron chi connectivity index (χ1n) is 7.45. The molecule has 3 nitrogen and oxygen atoms in total. The lowest BCUT2D eigenvalue weighted by atomic mass is 10.1. The average molecular weight is 288 g/mol. The van der Waals surface area contributed by atoms with Crippen LogP contribution in [0.3, 0.4) is 0 Å². The van der Waals surface area contributed by atoms with E-state index in [2.05, 4.69) is 41.1 Å². The molecule has 0 amide bonds. The Morgan fingerprint density at radius 3 is 2.86 bits per heavy atom. The van der Waals surface area contributed by atoms with Gasteiger partial charge in [0.1, 0.15) is 11.4 Å². The number of pyridine rings is 1. The minimum absolute atomic E-state index is 0.666. The van der Waals surface area contributed by atoms with Gasteiger partial charge in [0.05, 0.1) is 12.3 Å². The Hall–Kier alpha value is -2.81. The van der Waals surface area contributed by atoms with Gasteiger partial charge in [0, 0.05) is 23.3 Å². The van der Waals surface area contributed by atoms with Gasteiger partial charge in [-0.3, -0.25) is 0 Å². The lowest BCUT2D eigenvalue weighted by Crippen LogP contribution is -1.91. The van der Waals surface area contributed by atoms with Crippen LogP contribution in [-0.2, 0) is 0 Å². The van der Waals surface area contributed by atoms with Crippen LogP contribution in [0, 0.1) is 0 Å². The molecule has 0 fully saturated rings. The fourth-order valence-electron chi connectivity index (χ4n) is 2.76. The van der Waals surface area contributed by atoms with Crippen LogP contribution in [0.1, 0.15) is 6.92 Å². The Balaban J connectivity index is 1.89. The predicted octanol–water partition coefficient (Wildman–Crippen LogP) is 4.55. The lowest BCUT2D eigenvalue weighted by molar-refractivity contribution is 0.340. The van der Waals surface area contributed by atoms with E-state index in [0.29, 0.717) is 6.61 Å². The maximum atomic E-state index is 5.58. The molecule has 2 heterocycles. The first-order valence-corrected chi connectivity index (χ1v) is 7.45. The van der Waals surface area contributed by atoms with E-state index in [-0.39, 0.29) is 0 Å². The molecule has 0 aliphatic rings. The average Bonchev–Trinajstić information content (AvgIpc) is 3.00. The largest absolute Gasteiger partial charge is 0.494 e. The van der Waals surface area contributed by atoms with Crippen molar-refractivity contribution in [1.82, 2.24) is 9.38 Å². The van der Waals surface area contributed by atoms with E-state index in [1.807, 2.05) is 37.3 Å². The summed E-state index contributed by atoms with van der Waals surface area (Å²) in [5.41, 5.74) is 3.01. The van der Waals surface area contributed by atoms with Gasteiger partial charge in [0.15, 0.2) is 0 Å². The molecule has 0 unspecified atom stereocenters. The van der Waals surface area contributed by atoms with Crippen molar-refractivity contribution >= 4 is 16.4 Å². The van der Waals surface area contributed by atoms with Gasteiger partial charge in [-0.25, -0.2) is 4.98 Å². The predicted molar refractivity (Wildman–Crippen MR) is 89.3 cm³/mol. The zero-order valence-electron chi connectivity index (χ0n) is 12.4. The molecule has 22 heavy (non-hydrogen) atoms. The molecule has 4 aromatic rings. The summed E-state index contributed by atoms with van der Waals surface area (Å²) in [4.78, 5) is 4.82. The fraction of sp³-hybridized carbons (Fsp3) is 0.105. The van der Waals surface area contributed by atoms with Gasteiger partial charge in [-0.05, 0) is 30.5 Å². The second-order valence-electron chi connectivity index (χ2n) is 5.22. The standard InChI is InChI=1S/C19H16N2O/c1-2-22-16-8-5-7-15(12-16)18-13-21-11-10-14-6-3-4-9-17(14)19(21)20-18/h3-13H,2H2,1H3. The molecule has 108 valence electrons. The number of hydrogen-bond donors (Lipinski definition) is 0. The quantitative estimate of drug-likeness (QED) is 0.552. The van der Waals surface area contributed by atoms with Gasteiger partial charge in [0.2, 0.25) is 0 Å². The lowest BCUT2D eigenvalue weighted by Gasteiger charge is -2.03. The molecule has 0 spiro atoms. The number of rotatable bonds is 3.